The van der Waals surface area contributed by atoms with Crippen molar-refractivity contribution in [2.24, 2.45) is 0 Å². The molecule has 1 atom stereocenters. The van der Waals surface area contributed by atoms with Gasteiger partial charge in [-0.25, -0.2) is 0 Å². The van der Waals surface area contributed by atoms with Crippen LogP contribution in [0, 0.1) is 6.92 Å². The minimum Gasteiger partial charge on any atom is -0.469 e. The number of hydrogen-bond donors (Lipinski definition) is 2. The molecule has 0 fully saturated rings. The Kier molecular flexibility index (Phi) is 3.52. The van der Waals surface area contributed by atoms with Gasteiger partial charge in [0.25, 0.3) is 5.91 Å². The summed E-state index contributed by atoms with van der Waals surface area (Å²) < 4.78 is 5.02. The summed E-state index contributed by atoms with van der Waals surface area (Å²) in [7, 11) is 0. The van der Waals surface area contributed by atoms with Crippen molar-refractivity contribution in [3.63, 3.8) is 0 Å². The Labute approximate surface area is 89.3 Å². The highest BCUT2D eigenvalue weighted by molar-refractivity contribution is 5.93. The van der Waals surface area contributed by atoms with Crippen molar-refractivity contribution in [1.82, 2.24) is 5.32 Å². The van der Waals surface area contributed by atoms with Crippen molar-refractivity contribution in [2.75, 3.05) is 6.54 Å². The third-order valence-electron chi connectivity index (χ3n) is 2.38. The number of furan rings is 1. The Balaban J connectivity index is 2.50. The van der Waals surface area contributed by atoms with Crippen molar-refractivity contribution >= 4 is 5.91 Å². The van der Waals surface area contributed by atoms with Gasteiger partial charge in [-0.05, 0) is 26.3 Å². The van der Waals surface area contributed by atoms with Crippen LogP contribution in [0.4, 0.5) is 0 Å². The van der Waals surface area contributed by atoms with Gasteiger partial charge < -0.3 is 14.8 Å². The van der Waals surface area contributed by atoms with Gasteiger partial charge in [0.05, 0.1) is 11.2 Å². The minimum atomic E-state index is -0.853. The molecule has 0 aliphatic carbocycles. The molecular weight excluding hydrogens is 194 g/mol. The first kappa shape index (κ1) is 11.8. The molecule has 1 aromatic heterocycles. The lowest BCUT2D eigenvalue weighted by Gasteiger charge is -2.21. The van der Waals surface area contributed by atoms with Crippen molar-refractivity contribution in [1.29, 1.82) is 0 Å². The van der Waals surface area contributed by atoms with Crippen LogP contribution < -0.4 is 5.32 Å². The molecule has 2 N–H and O–H groups in total. The van der Waals surface area contributed by atoms with Gasteiger partial charge in [-0.2, -0.15) is 0 Å². The van der Waals surface area contributed by atoms with E-state index >= 15 is 0 Å². The molecule has 0 spiro atoms. The highest BCUT2D eigenvalue weighted by Crippen LogP contribution is 2.08. The second-order valence-corrected chi connectivity index (χ2v) is 3.98. The summed E-state index contributed by atoms with van der Waals surface area (Å²) in [4.78, 5) is 11.5. The molecule has 4 nitrogen and oxygen atoms in total. The molecule has 1 amide bonds. The SMILES string of the molecule is CCC(C)(O)CNC(=O)c1coc(C)c1. The van der Waals surface area contributed by atoms with Crippen LogP contribution in [0.15, 0.2) is 16.7 Å². The summed E-state index contributed by atoms with van der Waals surface area (Å²) >= 11 is 0. The molecule has 1 heterocycles. The van der Waals surface area contributed by atoms with Gasteiger partial charge in [-0.3, -0.25) is 4.79 Å². The molecule has 0 radical (unpaired) electrons. The van der Waals surface area contributed by atoms with Gasteiger partial charge in [0.1, 0.15) is 12.0 Å². The number of aryl methyl sites for hydroxylation is 1. The van der Waals surface area contributed by atoms with E-state index in [1.54, 1.807) is 19.9 Å². The van der Waals surface area contributed by atoms with E-state index in [-0.39, 0.29) is 12.5 Å². The van der Waals surface area contributed by atoms with Gasteiger partial charge in [0.2, 0.25) is 0 Å². The number of amides is 1. The molecule has 84 valence electrons. The highest BCUT2D eigenvalue weighted by Gasteiger charge is 2.19. The largest absolute Gasteiger partial charge is 0.469 e. The molecule has 0 bridgehead atoms. The summed E-state index contributed by atoms with van der Waals surface area (Å²) in [5.41, 5.74) is -0.367. The lowest BCUT2D eigenvalue weighted by atomic mass is 10.0. The Morgan fingerprint density at radius 1 is 1.67 bits per heavy atom. The van der Waals surface area contributed by atoms with Gasteiger partial charge in [-0.1, -0.05) is 6.92 Å². The van der Waals surface area contributed by atoms with Crippen molar-refractivity contribution in [2.45, 2.75) is 32.8 Å². The maximum atomic E-state index is 11.5. The average molecular weight is 211 g/mol. The second kappa shape index (κ2) is 4.49. The van der Waals surface area contributed by atoms with E-state index < -0.39 is 5.60 Å². The third-order valence-corrected chi connectivity index (χ3v) is 2.38. The summed E-state index contributed by atoms with van der Waals surface area (Å²) in [5, 5.41) is 12.3. The molecule has 15 heavy (non-hydrogen) atoms. The van der Waals surface area contributed by atoms with E-state index in [0.29, 0.717) is 17.7 Å². The monoisotopic (exact) mass is 211 g/mol. The first-order chi connectivity index (χ1) is 6.94. The molecule has 0 aromatic carbocycles. The zero-order valence-electron chi connectivity index (χ0n) is 9.33. The molecule has 0 aliphatic heterocycles. The number of carbonyl (C=O) groups excluding carboxylic acids is 1. The highest BCUT2D eigenvalue weighted by atomic mass is 16.3. The zero-order chi connectivity index (χ0) is 11.5. The van der Waals surface area contributed by atoms with Gasteiger partial charge in [0.15, 0.2) is 0 Å². The normalized spacial score (nSPS) is 14.7. The van der Waals surface area contributed by atoms with Gasteiger partial charge >= 0.3 is 0 Å². The zero-order valence-corrected chi connectivity index (χ0v) is 9.33. The van der Waals surface area contributed by atoms with Crippen LogP contribution in [0.1, 0.15) is 36.4 Å². The fraction of sp³-hybridized carbons (Fsp3) is 0.545. The van der Waals surface area contributed by atoms with Crippen LogP contribution in [0.25, 0.3) is 0 Å². The quantitative estimate of drug-likeness (QED) is 0.793. The van der Waals surface area contributed by atoms with Crippen LogP contribution in [0.3, 0.4) is 0 Å². The topological polar surface area (TPSA) is 62.5 Å². The minimum absolute atomic E-state index is 0.222. The standard InChI is InChI=1S/C11H17NO3/c1-4-11(3,14)7-12-10(13)9-5-8(2)15-6-9/h5-6,14H,4,7H2,1-3H3,(H,12,13). The van der Waals surface area contributed by atoms with E-state index in [2.05, 4.69) is 5.32 Å². The maximum Gasteiger partial charge on any atom is 0.254 e. The molecule has 4 heteroatoms. The Morgan fingerprint density at radius 3 is 2.80 bits per heavy atom. The molecule has 0 saturated heterocycles. The number of nitrogens with one attached hydrogen (secondary N) is 1. The molecule has 1 unspecified atom stereocenters. The molecule has 1 rings (SSSR count). The van der Waals surface area contributed by atoms with Crippen LogP contribution in [-0.4, -0.2) is 23.2 Å². The molecular formula is C11H17NO3. The fourth-order valence-electron chi connectivity index (χ4n) is 1.06. The predicted molar refractivity (Wildman–Crippen MR) is 56.7 cm³/mol. The van der Waals surface area contributed by atoms with E-state index in [4.69, 9.17) is 4.42 Å². The number of hydrogen-bond acceptors (Lipinski definition) is 3. The predicted octanol–water partition coefficient (Wildman–Crippen LogP) is 1.48. The fourth-order valence-corrected chi connectivity index (χ4v) is 1.06. The molecule has 1 aromatic rings. The van der Waals surface area contributed by atoms with Crippen molar-refractivity contribution in [3.05, 3.63) is 23.7 Å². The number of carbonyl (C=O) groups is 1. The van der Waals surface area contributed by atoms with Crippen LogP contribution in [-0.2, 0) is 0 Å². The van der Waals surface area contributed by atoms with Crippen molar-refractivity contribution < 1.29 is 14.3 Å². The Hall–Kier alpha value is -1.29. The third kappa shape index (κ3) is 3.40. The van der Waals surface area contributed by atoms with Gasteiger partial charge in [0, 0.05) is 6.54 Å². The smallest absolute Gasteiger partial charge is 0.254 e. The van der Waals surface area contributed by atoms with Crippen LogP contribution >= 0.6 is 0 Å². The van der Waals surface area contributed by atoms with Gasteiger partial charge in [-0.15, -0.1) is 0 Å². The summed E-state index contributed by atoms with van der Waals surface area (Å²) in [6.45, 7) is 5.58. The summed E-state index contributed by atoms with van der Waals surface area (Å²) in [6, 6.07) is 1.66. The lowest BCUT2D eigenvalue weighted by molar-refractivity contribution is 0.0518. The molecule has 0 saturated carbocycles. The molecule has 0 aliphatic rings. The number of rotatable bonds is 4. The van der Waals surface area contributed by atoms with E-state index in [1.807, 2.05) is 6.92 Å². The second-order valence-electron chi connectivity index (χ2n) is 3.98. The lowest BCUT2D eigenvalue weighted by Crippen LogP contribution is -2.39. The van der Waals surface area contributed by atoms with Crippen molar-refractivity contribution in [3.8, 4) is 0 Å². The first-order valence-corrected chi connectivity index (χ1v) is 5.00. The maximum absolute atomic E-state index is 11.5. The van der Waals surface area contributed by atoms with E-state index in [0.717, 1.165) is 0 Å². The summed E-state index contributed by atoms with van der Waals surface area (Å²) in [5.74, 6) is 0.475. The van der Waals surface area contributed by atoms with Crippen LogP contribution in [0.5, 0.6) is 0 Å². The Morgan fingerprint density at radius 2 is 2.33 bits per heavy atom. The average Bonchev–Trinajstić information content (AvgIpc) is 2.61. The van der Waals surface area contributed by atoms with Crippen LogP contribution in [0.2, 0.25) is 0 Å². The number of aliphatic hydroxyl groups is 1. The first-order valence-electron chi connectivity index (χ1n) is 5.00. The Bertz CT molecular complexity index is 341. The summed E-state index contributed by atoms with van der Waals surface area (Å²) in [6.07, 6.45) is 2.00. The van der Waals surface area contributed by atoms with E-state index in [9.17, 15) is 9.90 Å². The van der Waals surface area contributed by atoms with E-state index in [1.165, 1.54) is 6.26 Å².